The molecule has 0 spiro atoms. The van der Waals surface area contributed by atoms with Gasteiger partial charge in [-0.1, -0.05) is 5.21 Å². The summed E-state index contributed by atoms with van der Waals surface area (Å²) in [5, 5.41) is 10.3. The van der Waals surface area contributed by atoms with Crippen molar-refractivity contribution in [2.75, 3.05) is 19.8 Å². The van der Waals surface area contributed by atoms with E-state index in [0.717, 1.165) is 4.90 Å². The molecule has 0 radical (unpaired) electrons. The van der Waals surface area contributed by atoms with Gasteiger partial charge in [0.05, 0.1) is 18.8 Å². The van der Waals surface area contributed by atoms with E-state index in [1.807, 2.05) is 13.8 Å². The monoisotopic (exact) mass is 349 g/mol. The Labute approximate surface area is 135 Å². The summed E-state index contributed by atoms with van der Waals surface area (Å²) in [4.78, 5) is 24.8. The van der Waals surface area contributed by atoms with E-state index in [2.05, 4.69) is 20.4 Å². The third-order valence-corrected chi connectivity index (χ3v) is 3.33. The van der Waals surface area contributed by atoms with E-state index < -0.39 is 30.8 Å². The van der Waals surface area contributed by atoms with Crippen molar-refractivity contribution < 1.29 is 27.5 Å². The fourth-order valence-corrected chi connectivity index (χ4v) is 2.14. The fourth-order valence-electron chi connectivity index (χ4n) is 2.14. The van der Waals surface area contributed by atoms with Crippen molar-refractivity contribution in [1.29, 1.82) is 0 Å². The average molecular weight is 349 g/mol. The Morgan fingerprint density at radius 1 is 1.38 bits per heavy atom. The average Bonchev–Trinajstić information content (AvgIpc) is 3.02. The highest BCUT2D eigenvalue weighted by atomic mass is 19.4. The van der Waals surface area contributed by atoms with Crippen LogP contribution in [0.3, 0.4) is 0 Å². The van der Waals surface area contributed by atoms with Gasteiger partial charge >= 0.3 is 12.2 Å². The second-order valence-corrected chi connectivity index (χ2v) is 5.65. The maximum atomic E-state index is 12.2. The molecule has 8 nitrogen and oxygen atoms in total. The zero-order valence-corrected chi connectivity index (χ0v) is 13.2. The first kappa shape index (κ1) is 18.2. The lowest BCUT2D eigenvalue weighted by Gasteiger charge is -2.13. The first-order chi connectivity index (χ1) is 11.2. The number of imide groups is 1. The van der Waals surface area contributed by atoms with E-state index >= 15 is 0 Å². The van der Waals surface area contributed by atoms with E-state index in [-0.39, 0.29) is 25.6 Å². The Bertz CT molecular complexity index is 602. The summed E-state index contributed by atoms with van der Waals surface area (Å²) in [6.07, 6.45) is -2.60. The molecule has 2 rings (SSSR count). The highest BCUT2D eigenvalue weighted by Crippen LogP contribution is 2.15. The molecule has 1 aliphatic heterocycles. The van der Waals surface area contributed by atoms with Gasteiger partial charge in [0.25, 0.3) is 5.91 Å². The third-order valence-electron chi connectivity index (χ3n) is 3.33. The van der Waals surface area contributed by atoms with Crippen LogP contribution in [0.4, 0.5) is 18.0 Å². The molecule has 0 unspecified atom stereocenters. The summed E-state index contributed by atoms with van der Waals surface area (Å²) in [5.74, 6) is -0.519. The second kappa shape index (κ2) is 7.16. The summed E-state index contributed by atoms with van der Waals surface area (Å²) in [5.41, 5.74) is 0.539. The molecule has 1 atom stereocenters. The number of hydrogen-bond donors (Lipinski definition) is 1. The van der Waals surface area contributed by atoms with Crippen molar-refractivity contribution in [3.05, 3.63) is 11.9 Å². The summed E-state index contributed by atoms with van der Waals surface area (Å²) in [6, 6.07) is -1.35. The number of alkyl halides is 3. The lowest BCUT2D eigenvalue weighted by molar-refractivity contribution is -0.174. The molecule has 134 valence electrons. The molecule has 0 aliphatic carbocycles. The zero-order chi connectivity index (χ0) is 17.9. The highest BCUT2D eigenvalue weighted by Gasteiger charge is 2.38. The molecule has 0 aromatic carbocycles. The number of urea groups is 1. The summed E-state index contributed by atoms with van der Waals surface area (Å²) in [7, 11) is 0. The number of aromatic nitrogens is 3. The number of carbonyl (C=O) groups is 2. The molecular weight excluding hydrogens is 331 g/mol. The lowest BCUT2D eigenvalue weighted by atomic mass is 10.1. The molecule has 3 amide bonds. The number of rotatable bonds is 7. The van der Waals surface area contributed by atoms with Crippen molar-refractivity contribution >= 4 is 11.9 Å². The van der Waals surface area contributed by atoms with Crippen LogP contribution < -0.4 is 5.32 Å². The van der Waals surface area contributed by atoms with Gasteiger partial charge in [0.2, 0.25) is 0 Å². The molecule has 2 heterocycles. The molecule has 11 heteroatoms. The number of nitrogens with zero attached hydrogens (tertiary/aromatic N) is 4. The van der Waals surface area contributed by atoms with Gasteiger partial charge in [0.15, 0.2) is 0 Å². The Morgan fingerprint density at radius 3 is 2.67 bits per heavy atom. The van der Waals surface area contributed by atoms with Crippen LogP contribution >= 0.6 is 0 Å². The molecule has 1 aromatic rings. The van der Waals surface area contributed by atoms with Gasteiger partial charge in [-0.25, -0.2) is 9.48 Å². The minimum Gasteiger partial charge on any atom is -0.370 e. The smallest absolute Gasteiger partial charge is 0.370 e. The molecule has 1 N–H and O–H groups in total. The number of hydrogen-bond acceptors (Lipinski definition) is 5. The maximum absolute atomic E-state index is 12.2. The van der Waals surface area contributed by atoms with Crippen LogP contribution in [-0.4, -0.2) is 63.8 Å². The Morgan fingerprint density at radius 2 is 2.08 bits per heavy atom. The van der Waals surface area contributed by atoms with Crippen molar-refractivity contribution in [2.24, 2.45) is 0 Å². The van der Waals surface area contributed by atoms with Gasteiger partial charge in [0, 0.05) is 18.7 Å². The van der Waals surface area contributed by atoms with Crippen LogP contribution in [0.1, 0.15) is 25.6 Å². The fraction of sp³-hybridized carbons (Fsp3) is 0.692. The van der Waals surface area contributed by atoms with E-state index in [0.29, 0.717) is 5.69 Å². The topological polar surface area (TPSA) is 89.4 Å². The van der Waals surface area contributed by atoms with E-state index in [1.165, 1.54) is 0 Å². The first-order valence-electron chi connectivity index (χ1n) is 7.34. The number of halogens is 3. The molecular formula is C13H18F3N5O3. The van der Waals surface area contributed by atoms with Gasteiger partial charge in [-0.3, -0.25) is 9.69 Å². The van der Waals surface area contributed by atoms with Gasteiger partial charge in [0.1, 0.15) is 12.6 Å². The molecule has 0 bridgehead atoms. The molecule has 1 aliphatic rings. The van der Waals surface area contributed by atoms with Crippen molar-refractivity contribution in [3.63, 3.8) is 0 Å². The number of ether oxygens (including phenoxy) is 1. The largest absolute Gasteiger partial charge is 0.411 e. The van der Waals surface area contributed by atoms with Crippen LogP contribution in [-0.2, 0) is 16.0 Å². The SMILES string of the molecule is CC(C)n1cc(C[C@@H]2NC(=O)N(CCOCC(F)(F)F)C2=O)nn1. The number of carbonyl (C=O) groups excluding carboxylic acids is 2. The van der Waals surface area contributed by atoms with Gasteiger partial charge in [-0.05, 0) is 13.8 Å². The molecule has 0 saturated carbocycles. The third kappa shape index (κ3) is 4.66. The zero-order valence-electron chi connectivity index (χ0n) is 13.2. The molecule has 1 fully saturated rings. The van der Waals surface area contributed by atoms with Crippen molar-refractivity contribution in [2.45, 2.75) is 38.5 Å². The van der Waals surface area contributed by atoms with Gasteiger partial charge in [-0.2, -0.15) is 13.2 Å². The van der Waals surface area contributed by atoms with Crippen LogP contribution in [0.15, 0.2) is 6.20 Å². The van der Waals surface area contributed by atoms with E-state index in [9.17, 15) is 22.8 Å². The highest BCUT2D eigenvalue weighted by molar-refractivity contribution is 6.04. The van der Waals surface area contributed by atoms with Crippen LogP contribution in [0.5, 0.6) is 0 Å². The second-order valence-electron chi connectivity index (χ2n) is 5.65. The normalized spacial score (nSPS) is 18.6. The van der Waals surface area contributed by atoms with Gasteiger partial charge in [-0.15, -0.1) is 5.10 Å². The minimum atomic E-state index is -4.44. The Hall–Kier alpha value is -2.17. The van der Waals surface area contributed by atoms with Crippen LogP contribution in [0.25, 0.3) is 0 Å². The summed E-state index contributed by atoms with van der Waals surface area (Å²) >= 11 is 0. The first-order valence-corrected chi connectivity index (χ1v) is 7.34. The van der Waals surface area contributed by atoms with Crippen LogP contribution in [0, 0.1) is 0 Å². The minimum absolute atomic E-state index is 0.113. The van der Waals surface area contributed by atoms with Crippen molar-refractivity contribution in [3.8, 4) is 0 Å². The molecule has 1 aromatic heterocycles. The molecule has 1 saturated heterocycles. The number of nitrogens with one attached hydrogen (secondary N) is 1. The summed E-state index contributed by atoms with van der Waals surface area (Å²) < 4.78 is 42.0. The summed E-state index contributed by atoms with van der Waals surface area (Å²) in [6.45, 7) is 1.80. The Kier molecular flexibility index (Phi) is 5.42. The van der Waals surface area contributed by atoms with E-state index in [4.69, 9.17) is 0 Å². The van der Waals surface area contributed by atoms with E-state index in [1.54, 1.807) is 10.9 Å². The standard InChI is InChI=1S/C13H18F3N5O3/c1-8(2)21-6-9(18-19-21)5-10-11(22)20(12(23)17-10)3-4-24-7-13(14,15)16/h6,8,10H,3-5,7H2,1-2H3,(H,17,23)/t10-/m0/s1. The van der Waals surface area contributed by atoms with Gasteiger partial charge < -0.3 is 10.1 Å². The van der Waals surface area contributed by atoms with Crippen LogP contribution in [0.2, 0.25) is 0 Å². The Balaban J connectivity index is 1.86. The predicted molar refractivity (Wildman–Crippen MR) is 75.0 cm³/mol. The number of amides is 3. The quantitative estimate of drug-likeness (QED) is 0.584. The van der Waals surface area contributed by atoms with Crippen molar-refractivity contribution in [1.82, 2.24) is 25.2 Å². The maximum Gasteiger partial charge on any atom is 0.411 e. The predicted octanol–water partition coefficient (Wildman–Crippen LogP) is 0.901. The lowest BCUT2D eigenvalue weighted by Crippen LogP contribution is -2.35. The molecule has 24 heavy (non-hydrogen) atoms.